The van der Waals surface area contributed by atoms with Crippen LogP contribution in [-0.2, 0) is 10.0 Å². The normalized spacial score (nSPS) is 16.3. The van der Waals surface area contributed by atoms with E-state index in [1.54, 1.807) is 6.07 Å². The Morgan fingerprint density at radius 3 is 2.42 bits per heavy atom. The third kappa shape index (κ3) is 5.71. The summed E-state index contributed by atoms with van der Waals surface area (Å²) in [4.78, 5) is 12.4. The van der Waals surface area contributed by atoms with Crippen LogP contribution in [0.2, 0.25) is 0 Å². The lowest BCUT2D eigenvalue weighted by molar-refractivity contribution is 0.0939. The van der Waals surface area contributed by atoms with Gasteiger partial charge in [-0.3, -0.25) is 4.79 Å². The fraction of sp³-hybridized carbons (Fsp3) is 0.632. The predicted octanol–water partition coefficient (Wildman–Crippen LogP) is 3.08. The number of hydrogen-bond acceptors (Lipinski definition) is 4. The van der Waals surface area contributed by atoms with E-state index in [4.69, 9.17) is 4.74 Å². The molecule has 0 aromatic heterocycles. The maximum absolute atomic E-state index is 12.8. The summed E-state index contributed by atoms with van der Waals surface area (Å²) in [5.74, 6) is -0.0580. The molecule has 1 aliphatic carbocycles. The number of carbonyl (C=O) groups excluding carboxylic acids is 1. The first-order valence-corrected chi connectivity index (χ1v) is 10.6. The number of rotatable bonds is 6. The van der Waals surface area contributed by atoms with Gasteiger partial charge in [0.2, 0.25) is 10.0 Å². The average molecular weight is 383 g/mol. The van der Waals surface area contributed by atoms with E-state index < -0.39 is 10.0 Å². The van der Waals surface area contributed by atoms with Crippen LogP contribution in [0.3, 0.4) is 0 Å². The van der Waals surface area contributed by atoms with Crippen LogP contribution in [0.5, 0.6) is 5.75 Å². The van der Waals surface area contributed by atoms with E-state index in [2.05, 4.69) is 10.0 Å². The highest BCUT2D eigenvalue weighted by molar-refractivity contribution is 7.89. The van der Waals surface area contributed by atoms with Crippen molar-refractivity contribution < 1.29 is 17.9 Å². The highest BCUT2D eigenvalue weighted by Crippen LogP contribution is 2.27. The molecule has 1 aromatic rings. The minimum absolute atomic E-state index is 0.00832. The zero-order valence-electron chi connectivity index (χ0n) is 16.1. The zero-order chi connectivity index (χ0) is 19.4. The molecule has 0 spiro atoms. The van der Waals surface area contributed by atoms with Gasteiger partial charge in [0.15, 0.2) is 0 Å². The van der Waals surface area contributed by atoms with Gasteiger partial charge < -0.3 is 10.1 Å². The Hall–Kier alpha value is -1.60. The highest BCUT2D eigenvalue weighted by Gasteiger charge is 2.26. The molecule has 2 N–H and O–H groups in total. The van der Waals surface area contributed by atoms with Gasteiger partial charge in [0.1, 0.15) is 10.6 Å². The molecule has 0 atom stereocenters. The van der Waals surface area contributed by atoms with Gasteiger partial charge in [-0.2, -0.15) is 0 Å². The Bertz CT molecular complexity index is 732. The summed E-state index contributed by atoms with van der Waals surface area (Å²) in [7, 11) is -2.33. The van der Waals surface area contributed by atoms with Crippen molar-refractivity contribution in [2.75, 3.05) is 13.7 Å². The zero-order valence-corrected chi connectivity index (χ0v) is 16.9. The van der Waals surface area contributed by atoms with Gasteiger partial charge in [0.25, 0.3) is 5.91 Å². The molecule has 0 aliphatic heterocycles. The Labute approximate surface area is 156 Å². The van der Waals surface area contributed by atoms with Crippen molar-refractivity contribution in [1.82, 2.24) is 10.0 Å². The molecule has 1 fully saturated rings. The Kier molecular flexibility index (Phi) is 6.69. The third-order valence-electron chi connectivity index (χ3n) is 4.42. The summed E-state index contributed by atoms with van der Waals surface area (Å²) < 4.78 is 33.7. The molecule has 0 unspecified atom stereocenters. The molecule has 0 heterocycles. The summed E-state index contributed by atoms with van der Waals surface area (Å²) in [6.07, 6.45) is 4.88. The lowest BCUT2D eigenvalue weighted by Gasteiger charge is -2.23. The minimum Gasteiger partial charge on any atom is -0.495 e. The smallest absolute Gasteiger partial charge is 0.251 e. The van der Waals surface area contributed by atoms with E-state index in [0.29, 0.717) is 12.1 Å². The number of sulfonamides is 1. The van der Waals surface area contributed by atoms with Gasteiger partial charge in [0.05, 0.1) is 7.11 Å². The molecule has 1 saturated carbocycles. The van der Waals surface area contributed by atoms with E-state index in [9.17, 15) is 13.2 Å². The molecule has 146 valence electrons. The monoisotopic (exact) mass is 382 g/mol. The summed E-state index contributed by atoms with van der Waals surface area (Å²) in [6, 6.07) is 4.44. The van der Waals surface area contributed by atoms with Crippen molar-refractivity contribution in [1.29, 1.82) is 0 Å². The second kappa shape index (κ2) is 8.39. The first-order valence-electron chi connectivity index (χ1n) is 9.11. The van der Waals surface area contributed by atoms with Crippen molar-refractivity contribution in [3.05, 3.63) is 23.8 Å². The number of carbonyl (C=O) groups is 1. The number of ether oxygens (including phenoxy) is 1. The maximum Gasteiger partial charge on any atom is 0.251 e. The molecule has 1 aromatic carbocycles. The first kappa shape index (κ1) is 20.7. The molecule has 1 amide bonds. The van der Waals surface area contributed by atoms with Crippen LogP contribution in [0.15, 0.2) is 23.1 Å². The molecule has 0 radical (unpaired) electrons. The summed E-state index contributed by atoms with van der Waals surface area (Å²) in [5.41, 5.74) is 0.249. The molecular weight excluding hydrogens is 352 g/mol. The number of benzene rings is 1. The third-order valence-corrected chi connectivity index (χ3v) is 5.96. The van der Waals surface area contributed by atoms with Gasteiger partial charge in [-0.15, -0.1) is 0 Å². The lowest BCUT2D eigenvalue weighted by atomic mass is 9.96. The van der Waals surface area contributed by atoms with E-state index in [1.165, 1.54) is 19.2 Å². The van der Waals surface area contributed by atoms with Gasteiger partial charge in [-0.05, 0) is 36.5 Å². The second-order valence-electron chi connectivity index (χ2n) is 8.07. The van der Waals surface area contributed by atoms with Gasteiger partial charge in [-0.25, -0.2) is 13.1 Å². The van der Waals surface area contributed by atoms with Crippen molar-refractivity contribution in [2.24, 2.45) is 5.41 Å². The quantitative estimate of drug-likeness (QED) is 0.792. The Balaban J connectivity index is 2.24. The number of methoxy groups -OCH3 is 1. The topological polar surface area (TPSA) is 84.5 Å². The summed E-state index contributed by atoms with van der Waals surface area (Å²) in [5, 5.41) is 2.84. The highest BCUT2D eigenvalue weighted by atomic mass is 32.2. The first-order chi connectivity index (χ1) is 12.1. The van der Waals surface area contributed by atoms with E-state index in [1.807, 2.05) is 20.8 Å². The van der Waals surface area contributed by atoms with Crippen molar-refractivity contribution in [2.45, 2.75) is 63.8 Å². The predicted molar refractivity (Wildman–Crippen MR) is 102 cm³/mol. The van der Waals surface area contributed by atoms with Crippen LogP contribution in [0, 0.1) is 5.41 Å². The van der Waals surface area contributed by atoms with Crippen LogP contribution in [-0.4, -0.2) is 34.0 Å². The Morgan fingerprint density at radius 1 is 1.19 bits per heavy atom. The molecule has 6 nitrogen and oxygen atoms in total. The largest absolute Gasteiger partial charge is 0.495 e. The van der Waals surface area contributed by atoms with E-state index in [-0.39, 0.29) is 28.0 Å². The second-order valence-corrected chi connectivity index (χ2v) is 9.75. The molecule has 26 heavy (non-hydrogen) atoms. The molecule has 7 heteroatoms. The molecule has 2 rings (SSSR count). The van der Waals surface area contributed by atoms with Crippen LogP contribution in [0.1, 0.15) is 63.2 Å². The summed E-state index contributed by atoms with van der Waals surface area (Å²) >= 11 is 0. The number of nitrogens with one attached hydrogen (secondary N) is 2. The SMILES string of the molecule is COc1ccc(C(=O)NCC(C)(C)C)cc1S(=O)(=O)NC1CCCCC1. The van der Waals surface area contributed by atoms with Crippen LogP contribution in [0.4, 0.5) is 0 Å². The number of hydrogen-bond donors (Lipinski definition) is 2. The average Bonchev–Trinajstić information content (AvgIpc) is 2.59. The van der Waals surface area contributed by atoms with Crippen molar-refractivity contribution in [3.8, 4) is 5.75 Å². The van der Waals surface area contributed by atoms with Gasteiger partial charge in [0, 0.05) is 18.2 Å². The van der Waals surface area contributed by atoms with Crippen molar-refractivity contribution in [3.63, 3.8) is 0 Å². The Morgan fingerprint density at radius 2 is 1.85 bits per heavy atom. The lowest BCUT2D eigenvalue weighted by Crippen LogP contribution is -2.36. The molecular formula is C19H30N2O4S. The van der Waals surface area contributed by atoms with E-state index in [0.717, 1.165) is 32.1 Å². The van der Waals surface area contributed by atoms with Crippen molar-refractivity contribution >= 4 is 15.9 Å². The fourth-order valence-corrected chi connectivity index (χ4v) is 4.48. The van der Waals surface area contributed by atoms with Crippen LogP contribution >= 0.6 is 0 Å². The summed E-state index contributed by atoms with van der Waals surface area (Å²) in [6.45, 7) is 6.56. The number of amides is 1. The minimum atomic E-state index is -3.76. The standard InChI is InChI=1S/C19H30N2O4S/c1-19(2,3)13-20-18(22)14-10-11-16(25-4)17(12-14)26(23,24)21-15-8-6-5-7-9-15/h10-12,15,21H,5-9,13H2,1-4H3,(H,20,22). The van der Waals surface area contributed by atoms with Crippen LogP contribution < -0.4 is 14.8 Å². The van der Waals surface area contributed by atoms with Gasteiger partial charge in [-0.1, -0.05) is 40.0 Å². The molecule has 1 aliphatic rings. The maximum atomic E-state index is 12.8. The van der Waals surface area contributed by atoms with Gasteiger partial charge >= 0.3 is 0 Å². The molecule has 0 saturated heterocycles. The fourth-order valence-electron chi connectivity index (χ4n) is 2.98. The van der Waals surface area contributed by atoms with Crippen LogP contribution in [0.25, 0.3) is 0 Å². The molecule has 0 bridgehead atoms. The van der Waals surface area contributed by atoms with E-state index >= 15 is 0 Å².